The molecule has 3 aliphatic rings. The summed E-state index contributed by atoms with van der Waals surface area (Å²) < 4.78 is 52.4. The molecule has 1 saturated heterocycles. The normalized spacial score (nSPS) is 30.9. The third kappa shape index (κ3) is 2.53. The van der Waals surface area contributed by atoms with Crippen LogP contribution in [0.5, 0.6) is 0 Å². The molecule has 0 bridgehead atoms. The van der Waals surface area contributed by atoms with Crippen LogP contribution in [0.25, 0.3) is 0 Å². The van der Waals surface area contributed by atoms with Crippen molar-refractivity contribution in [1.29, 1.82) is 0 Å². The van der Waals surface area contributed by atoms with E-state index in [2.05, 4.69) is 10.4 Å². The monoisotopic (exact) mass is 361 g/mol. The second-order valence-electron chi connectivity index (χ2n) is 6.08. The third-order valence-corrected chi connectivity index (χ3v) is 6.67. The maximum atomic E-state index is 14.3. The molecule has 3 atom stereocenters. The Balaban J connectivity index is 1.65. The van der Waals surface area contributed by atoms with Gasteiger partial charge in [-0.05, 0) is 36.6 Å². The molecule has 2 heterocycles. The maximum Gasteiger partial charge on any atom is 0.233 e. The number of nitrogens with one attached hydrogen (secondary N) is 1. The fourth-order valence-corrected chi connectivity index (χ4v) is 4.88. The van der Waals surface area contributed by atoms with Gasteiger partial charge in [-0.15, -0.1) is 0 Å². The van der Waals surface area contributed by atoms with Crippen LogP contribution in [-0.2, 0) is 9.84 Å². The van der Waals surface area contributed by atoms with E-state index in [0.29, 0.717) is 18.4 Å². The largest absolute Gasteiger partial charge is 0.291 e. The molecule has 1 aromatic rings. The molecule has 2 aliphatic heterocycles. The zero-order chi connectivity index (χ0) is 16.4. The molecule has 1 aromatic carbocycles. The summed E-state index contributed by atoms with van der Waals surface area (Å²) in [5, 5.41) is 1.06. The van der Waals surface area contributed by atoms with Gasteiger partial charge in [-0.25, -0.2) is 22.2 Å². The summed E-state index contributed by atoms with van der Waals surface area (Å²) in [5.74, 6) is -0.516. The van der Waals surface area contributed by atoms with Gasteiger partial charge in [0.2, 0.25) is 15.0 Å². The van der Waals surface area contributed by atoms with Gasteiger partial charge in [0.05, 0.1) is 11.3 Å². The van der Waals surface area contributed by atoms with Gasteiger partial charge in [0, 0.05) is 11.4 Å². The van der Waals surface area contributed by atoms with Crippen LogP contribution in [0.3, 0.4) is 0 Å². The fraction of sp³-hybridized carbons (Fsp3) is 0.500. The van der Waals surface area contributed by atoms with Crippen LogP contribution in [0.2, 0.25) is 5.02 Å². The van der Waals surface area contributed by atoms with Crippen molar-refractivity contribution in [3.63, 3.8) is 0 Å². The molecule has 1 N–H and O–H groups in total. The van der Waals surface area contributed by atoms with E-state index in [1.807, 2.05) is 0 Å². The minimum atomic E-state index is -3.52. The number of hydrazine groups is 1. The number of rotatable bonds is 2. The lowest BCUT2D eigenvalue weighted by atomic mass is 10.0. The predicted molar refractivity (Wildman–Crippen MR) is 81.8 cm³/mol. The highest BCUT2D eigenvalue weighted by Gasteiger charge is 2.50. The summed E-state index contributed by atoms with van der Waals surface area (Å²) in [6, 6.07) is 3.47. The van der Waals surface area contributed by atoms with Gasteiger partial charge in [0.25, 0.3) is 0 Å². The van der Waals surface area contributed by atoms with Crippen molar-refractivity contribution in [3.05, 3.63) is 34.6 Å². The van der Waals surface area contributed by atoms with E-state index in [4.69, 9.17) is 11.6 Å². The minimum Gasteiger partial charge on any atom is -0.291 e. The lowest BCUT2D eigenvalue weighted by Crippen LogP contribution is -2.42. The quantitative estimate of drug-likeness (QED) is 0.878. The lowest BCUT2D eigenvalue weighted by Gasteiger charge is -2.23. The van der Waals surface area contributed by atoms with Gasteiger partial charge in [-0.1, -0.05) is 11.6 Å². The predicted octanol–water partition coefficient (Wildman–Crippen LogP) is 2.34. The number of fused-ring (bicyclic) bond motifs is 1. The van der Waals surface area contributed by atoms with Crippen molar-refractivity contribution in [1.82, 2.24) is 10.4 Å². The first-order valence-corrected chi connectivity index (χ1v) is 9.25. The second-order valence-corrected chi connectivity index (χ2v) is 8.66. The number of hydrogen-bond donors (Lipinski definition) is 1. The Kier molecular flexibility index (Phi) is 3.40. The molecule has 0 amide bonds. The van der Waals surface area contributed by atoms with E-state index in [-0.39, 0.29) is 16.6 Å². The molecule has 0 aromatic heterocycles. The summed E-state index contributed by atoms with van der Waals surface area (Å²) in [6.45, 7) is 0. The van der Waals surface area contributed by atoms with Crippen molar-refractivity contribution in [2.75, 3.05) is 0 Å². The van der Waals surface area contributed by atoms with Gasteiger partial charge < -0.3 is 0 Å². The van der Waals surface area contributed by atoms with Crippen molar-refractivity contribution < 1.29 is 17.2 Å². The molecule has 2 fully saturated rings. The lowest BCUT2D eigenvalue weighted by molar-refractivity contribution is 0.160. The van der Waals surface area contributed by atoms with Gasteiger partial charge in [-0.2, -0.15) is 5.01 Å². The Morgan fingerprint density at radius 1 is 1.30 bits per heavy atom. The average molecular weight is 362 g/mol. The van der Waals surface area contributed by atoms with E-state index in [1.54, 1.807) is 6.07 Å². The second kappa shape index (κ2) is 5.12. The number of alkyl halides is 1. The van der Waals surface area contributed by atoms with Crippen LogP contribution in [0.1, 0.15) is 30.9 Å². The highest BCUT2D eigenvalue weighted by atomic mass is 35.5. The number of halogens is 3. The van der Waals surface area contributed by atoms with Crippen molar-refractivity contribution in [2.45, 2.75) is 42.9 Å². The fourth-order valence-electron chi connectivity index (χ4n) is 3.09. The summed E-state index contributed by atoms with van der Waals surface area (Å²) >= 11 is 5.86. The Bertz CT molecular complexity index is 777. The molecule has 5 nitrogen and oxygen atoms in total. The minimum absolute atomic E-state index is 0.0949. The van der Waals surface area contributed by atoms with E-state index in [1.165, 1.54) is 17.1 Å². The van der Waals surface area contributed by atoms with Gasteiger partial charge in [-0.3, -0.25) is 5.43 Å². The van der Waals surface area contributed by atoms with Crippen molar-refractivity contribution in [3.8, 4) is 0 Å². The molecule has 1 unspecified atom stereocenters. The Morgan fingerprint density at radius 2 is 2.04 bits per heavy atom. The molecule has 23 heavy (non-hydrogen) atoms. The molecular formula is C14H14ClF2N3O2S. The number of hydrogen-bond acceptors (Lipinski definition) is 5. The zero-order valence-corrected chi connectivity index (χ0v) is 13.5. The van der Waals surface area contributed by atoms with Crippen molar-refractivity contribution >= 4 is 26.6 Å². The molecule has 0 spiro atoms. The molecule has 1 saturated carbocycles. The molecular weight excluding hydrogens is 348 g/mol. The molecule has 0 radical (unpaired) electrons. The van der Waals surface area contributed by atoms with Crippen LogP contribution in [0, 0.1) is 5.82 Å². The Morgan fingerprint density at radius 3 is 2.70 bits per heavy atom. The van der Waals surface area contributed by atoms with Crippen LogP contribution in [0.4, 0.5) is 8.78 Å². The molecule has 1 aliphatic carbocycles. The number of nitrogens with zero attached hydrogens (tertiary/aromatic N) is 2. The van der Waals surface area contributed by atoms with Gasteiger partial charge in [0.1, 0.15) is 12.0 Å². The van der Waals surface area contributed by atoms with Gasteiger partial charge >= 0.3 is 0 Å². The highest BCUT2D eigenvalue weighted by molar-refractivity contribution is 8.07. The van der Waals surface area contributed by atoms with E-state index < -0.39 is 39.3 Å². The van der Waals surface area contributed by atoms with Gasteiger partial charge in [0.15, 0.2) is 6.17 Å². The average Bonchev–Trinajstić information content (AvgIpc) is 3.15. The first-order valence-electron chi connectivity index (χ1n) is 7.33. The maximum absolute atomic E-state index is 14.3. The molecule has 4 rings (SSSR count). The van der Waals surface area contributed by atoms with Crippen LogP contribution in [0.15, 0.2) is 23.2 Å². The Labute approximate surface area is 137 Å². The standard InChI is InChI=1S/C14H14ClF2N3O2S/c15-8-3-7(4-9(16)5-8)12-6-11(17)13-18-14(19-20(12)13)23(21,22)10-1-2-10/h3-5,10-13H,1-2,6H2,(H,18,19)/t11-,12-,13?/m0/s1. The summed E-state index contributed by atoms with van der Waals surface area (Å²) in [4.78, 5) is 4.03. The topological polar surface area (TPSA) is 61.8 Å². The molecule has 124 valence electrons. The number of aliphatic imine (C=N–C) groups is 1. The van der Waals surface area contributed by atoms with Crippen molar-refractivity contribution in [2.24, 2.45) is 4.99 Å². The van der Waals surface area contributed by atoms with E-state index in [9.17, 15) is 17.2 Å². The number of benzene rings is 1. The number of amidine groups is 1. The number of sulfone groups is 1. The summed E-state index contributed by atoms with van der Waals surface area (Å²) in [6.07, 6.45) is -0.935. The van der Waals surface area contributed by atoms with E-state index in [0.717, 1.165) is 0 Å². The smallest absolute Gasteiger partial charge is 0.233 e. The SMILES string of the molecule is O=S(=O)(C1=NC2[C@@H](F)C[C@@H](c3cc(F)cc(Cl)c3)N2N1)C1CC1. The molecule has 9 heteroatoms. The summed E-state index contributed by atoms with van der Waals surface area (Å²) in [5.41, 5.74) is 3.22. The van der Waals surface area contributed by atoms with Crippen LogP contribution in [-0.4, -0.2) is 36.2 Å². The summed E-state index contributed by atoms with van der Waals surface area (Å²) in [7, 11) is -3.52. The first kappa shape index (κ1) is 15.3. The van der Waals surface area contributed by atoms with Crippen LogP contribution >= 0.6 is 11.6 Å². The zero-order valence-electron chi connectivity index (χ0n) is 11.9. The first-order chi connectivity index (χ1) is 10.9. The Hall–Kier alpha value is -1.25. The van der Waals surface area contributed by atoms with E-state index >= 15 is 0 Å². The van der Waals surface area contributed by atoms with Crippen LogP contribution < -0.4 is 5.43 Å². The third-order valence-electron chi connectivity index (χ3n) is 4.37. The highest BCUT2D eigenvalue weighted by Crippen LogP contribution is 2.41.